The fraction of sp³-hybridized carbons (Fsp3) is 0.789. The minimum atomic E-state index is -1.05. The third-order valence-corrected chi connectivity index (χ3v) is 5.84. The Morgan fingerprint density at radius 2 is 2.26 bits per heavy atom. The molecule has 2 aliphatic rings. The van der Waals surface area contributed by atoms with Gasteiger partial charge in [-0.1, -0.05) is 13.8 Å². The second kappa shape index (κ2) is 8.65. The molecule has 3 rings (SSSR count). The van der Waals surface area contributed by atoms with Gasteiger partial charge in [0.1, 0.15) is 5.60 Å². The van der Waals surface area contributed by atoms with Crippen LogP contribution < -0.4 is 10.6 Å². The van der Waals surface area contributed by atoms with E-state index >= 15 is 0 Å². The molecule has 0 aromatic carbocycles. The number of aromatic nitrogens is 2. The first-order chi connectivity index (χ1) is 12.3. The van der Waals surface area contributed by atoms with Crippen molar-refractivity contribution in [2.24, 2.45) is 23.4 Å². The highest BCUT2D eigenvalue weighted by Crippen LogP contribution is 2.51. The lowest BCUT2D eigenvalue weighted by atomic mass is 9.55. The van der Waals surface area contributed by atoms with Crippen molar-refractivity contribution in [3.8, 4) is 0 Å². The normalized spacial score (nSPS) is 29.0. The molecule has 1 aliphatic heterocycles. The van der Waals surface area contributed by atoms with E-state index < -0.39 is 5.60 Å². The van der Waals surface area contributed by atoms with Gasteiger partial charge < -0.3 is 20.5 Å². The molecule has 1 saturated heterocycles. The van der Waals surface area contributed by atoms with Crippen molar-refractivity contribution < 1.29 is 9.84 Å². The van der Waals surface area contributed by atoms with Crippen LogP contribution in [0.4, 0.5) is 0 Å². The number of hydrogen-bond donors (Lipinski definition) is 3. The molecule has 1 saturated carbocycles. The average Bonchev–Trinajstić information content (AvgIpc) is 3.04. The number of aryl methyl sites for hydroxylation is 1. The lowest BCUT2D eigenvalue weighted by Gasteiger charge is -2.60. The first kappa shape index (κ1) is 22.4. The van der Waals surface area contributed by atoms with Crippen LogP contribution in [0.25, 0.3) is 0 Å². The van der Waals surface area contributed by atoms with E-state index in [1.807, 2.05) is 13.2 Å². The van der Waals surface area contributed by atoms with E-state index in [2.05, 4.69) is 41.5 Å². The zero-order valence-electron chi connectivity index (χ0n) is 17.0. The van der Waals surface area contributed by atoms with Crippen molar-refractivity contribution >= 4 is 29.9 Å². The van der Waals surface area contributed by atoms with E-state index in [9.17, 15) is 5.11 Å². The molecular formula is C19H34IN5O2. The summed E-state index contributed by atoms with van der Waals surface area (Å²) in [6.45, 7) is 10.3. The Hall–Kier alpha value is -0.870. The molecule has 8 heteroatoms. The van der Waals surface area contributed by atoms with Gasteiger partial charge in [0.15, 0.2) is 5.96 Å². The van der Waals surface area contributed by atoms with Crippen molar-refractivity contribution in [3.05, 3.63) is 18.0 Å². The second-order valence-corrected chi connectivity index (χ2v) is 8.41. The average molecular weight is 491 g/mol. The highest BCUT2D eigenvalue weighted by Gasteiger charge is 2.58. The Kier molecular flexibility index (Phi) is 7.18. The Balaban J connectivity index is 0.00000261. The maximum Gasteiger partial charge on any atom is 0.191 e. The van der Waals surface area contributed by atoms with Gasteiger partial charge >= 0.3 is 0 Å². The predicted molar refractivity (Wildman–Crippen MR) is 117 cm³/mol. The molecule has 3 N–H and O–H groups in total. The Bertz CT molecular complexity index is 658. The number of nitrogens with one attached hydrogen (secondary N) is 2. The van der Waals surface area contributed by atoms with Gasteiger partial charge in [-0.25, -0.2) is 4.99 Å². The summed E-state index contributed by atoms with van der Waals surface area (Å²) in [5, 5.41) is 21.8. The van der Waals surface area contributed by atoms with Gasteiger partial charge in [0.2, 0.25) is 0 Å². The molecule has 2 heterocycles. The molecule has 2 fully saturated rings. The largest absolute Gasteiger partial charge is 0.383 e. The van der Waals surface area contributed by atoms with Crippen LogP contribution in [0.15, 0.2) is 17.4 Å². The van der Waals surface area contributed by atoms with Crippen molar-refractivity contribution in [1.29, 1.82) is 0 Å². The Morgan fingerprint density at radius 3 is 2.89 bits per heavy atom. The zero-order chi connectivity index (χ0) is 18.9. The molecule has 1 aliphatic carbocycles. The van der Waals surface area contributed by atoms with Crippen molar-refractivity contribution in [2.45, 2.75) is 58.3 Å². The molecule has 4 atom stereocenters. The molecule has 1 aromatic rings. The van der Waals surface area contributed by atoms with E-state index in [1.54, 1.807) is 17.8 Å². The monoisotopic (exact) mass is 491 g/mol. The number of guanidine groups is 1. The smallest absolute Gasteiger partial charge is 0.191 e. The molecule has 4 unspecified atom stereocenters. The van der Waals surface area contributed by atoms with Gasteiger partial charge in [0, 0.05) is 49.3 Å². The molecule has 0 spiro atoms. The molecule has 0 radical (unpaired) electrons. The maximum atomic E-state index is 10.8. The summed E-state index contributed by atoms with van der Waals surface area (Å²) >= 11 is 0. The standard InChI is InChI=1S/C19H33N5O2.HI/c1-6-20-17(21-12-19(4,25)13-10-22-24(5)11-13)23-15-14-8-7-9-26-16(14)18(15,2)3;/h10-11,14-16,25H,6-9,12H2,1-5H3,(H2,20,21,23);1H. The number of nitrogens with zero attached hydrogens (tertiary/aromatic N) is 3. The van der Waals surface area contributed by atoms with E-state index in [-0.39, 0.29) is 35.9 Å². The third-order valence-electron chi connectivity index (χ3n) is 5.84. The highest BCUT2D eigenvalue weighted by atomic mass is 127. The quantitative estimate of drug-likeness (QED) is 0.334. The van der Waals surface area contributed by atoms with Gasteiger partial charge in [-0.3, -0.25) is 4.68 Å². The summed E-state index contributed by atoms with van der Waals surface area (Å²) < 4.78 is 7.68. The van der Waals surface area contributed by atoms with E-state index in [0.717, 1.165) is 31.1 Å². The molecule has 0 bridgehead atoms. The number of ether oxygens (including phenoxy) is 1. The van der Waals surface area contributed by atoms with Crippen LogP contribution in [0.3, 0.4) is 0 Å². The van der Waals surface area contributed by atoms with Gasteiger partial charge in [-0.2, -0.15) is 5.10 Å². The lowest BCUT2D eigenvalue weighted by molar-refractivity contribution is -0.188. The number of halogens is 1. The minimum Gasteiger partial charge on any atom is -0.383 e. The molecule has 154 valence electrons. The number of rotatable bonds is 5. The summed E-state index contributed by atoms with van der Waals surface area (Å²) in [5.74, 6) is 1.28. The SMILES string of the molecule is CCNC(=NCC(C)(O)c1cnn(C)c1)NC1C2CCCOC2C1(C)C.I. The summed E-state index contributed by atoms with van der Waals surface area (Å²) in [6, 6.07) is 0.328. The second-order valence-electron chi connectivity index (χ2n) is 8.41. The Labute approximate surface area is 179 Å². The van der Waals surface area contributed by atoms with Crippen LogP contribution in [0, 0.1) is 11.3 Å². The van der Waals surface area contributed by atoms with Gasteiger partial charge in [-0.15, -0.1) is 24.0 Å². The van der Waals surface area contributed by atoms with E-state index in [1.165, 1.54) is 6.42 Å². The fourth-order valence-electron chi connectivity index (χ4n) is 4.31. The van der Waals surface area contributed by atoms with Crippen LogP contribution >= 0.6 is 24.0 Å². The lowest BCUT2D eigenvalue weighted by Crippen LogP contribution is -2.71. The van der Waals surface area contributed by atoms with Gasteiger partial charge in [0.25, 0.3) is 0 Å². The fourth-order valence-corrected chi connectivity index (χ4v) is 4.31. The summed E-state index contributed by atoms with van der Waals surface area (Å²) in [7, 11) is 1.84. The Morgan fingerprint density at radius 1 is 1.52 bits per heavy atom. The number of fused-ring (bicyclic) bond motifs is 1. The summed E-state index contributed by atoms with van der Waals surface area (Å²) in [6.07, 6.45) is 6.16. The summed E-state index contributed by atoms with van der Waals surface area (Å²) in [4.78, 5) is 4.66. The third kappa shape index (κ3) is 4.59. The number of aliphatic imine (C=N–C) groups is 1. The summed E-state index contributed by atoms with van der Waals surface area (Å²) in [5.41, 5.74) is -0.209. The van der Waals surface area contributed by atoms with Crippen LogP contribution in [-0.2, 0) is 17.4 Å². The zero-order valence-corrected chi connectivity index (χ0v) is 19.4. The molecule has 7 nitrogen and oxygen atoms in total. The van der Waals surface area contributed by atoms with E-state index in [4.69, 9.17) is 4.74 Å². The number of hydrogen-bond acceptors (Lipinski definition) is 4. The topological polar surface area (TPSA) is 83.7 Å². The maximum absolute atomic E-state index is 10.8. The molecule has 27 heavy (non-hydrogen) atoms. The van der Waals surface area contributed by atoms with Gasteiger partial charge in [0.05, 0.1) is 18.8 Å². The highest BCUT2D eigenvalue weighted by molar-refractivity contribution is 14.0. The molecule has 1 aromatic heterocycles. The van der Waals surface area contributed by atoms with Crippen molar-refractivity contribution in [1.82, 2.24) is 20.4 Å². The first-order valence-corrected chi connectivity index (χ1v) is 9.63. The van der Waals surface area contributed by atoms with E-state index in [0.29, 0.717) is 18.1 Å². The van der Waals surface area contributed by atoms with Gasteiger partial charge in [-0.05, 0) is 26.7 Å². The van der Waals surface area contributed by atoms with Crippen LogP contribution in [-0.4, -0.2) is 52.7 Å². The van der Waals surface area contributed by atoms with Crippen LogP contribution in [0.5, 0.6) is 0 Å². The van der Waals surface area contributed by atoms with Crippen LogP contribution in [0.1, 0.15) is 46.1 Å². The molecule has 0 amide bonds. The minimum absolute atomic E-state index is 0. The van der Waals surface area contributed by atoms with Crippen molar-refractivity contribution in [3.63, 3.8) is 0 Å². The predicted octanol–water partition coefficient (Wildman–Crippen LogP) is 2.00. The first-order valence-electron chi connectivity index (χ1n) is 9.63. The van der Waals surface area contributed by atoms with Crippen molar-refractivity contribution in [2.75, 3.05) is 19.7 Å². The van der Waals surface area contributed by atoms with Crippen LogP contribution in [0.2, 0.25) is 0 Å². The number of aliphatic hydroxyl groups is 1. The molecular weight excluding hydrogens is 457 g/mol.